The fraction of sp³-hybridized carbons (Fsp3) is 0.455. The molecule has 0 aromatic heterocycles. The molecule has 1 unspecified atom stereocenters. The van der Waals surface area contributed by atoms with Crippen molar-refractivity contribution >= 4 is 0 Å². The van der Waals surface area contributed by atoms with Crippen LogP contribution in [0.2, 0.25) is 0 Å². The van der Waals surface area contributed by atoms with Crippen LogP contribution in [0.3, 0.4) is 0 Å². The van der Waals surface area contributed by atoms with Crippen molar-refractivity contribution in [1.82, 2.24) is 0 Å². The Hall–Kier alpha value is -1.96. The predicted molar refractivity (Wildman–Crippen MR) is 102 cm³/mol. The van der Waals surface area contributed by atoms with E-state index in [2.05, 4.69) is 65.8 Å². The van der Waals surface area contributed by atoms with E-state index >= 15 is 0 Å². The third-order valence-electron chi connectivity index (χ3n) is 4.67. The van der Waals surface area contributed by atoms with Crippen molar-refractivity contribution in [1.29, 1.82) is 0 Å². The van der Waals surface area contributed by atoms with E-state index in [0.717, 1.165) is 24.5 Å². The highest BCUT2D eigenvalue weighted by atomic mass is 16.5. The Balaban J connectivity index is 2.37. The van der Waals surface area contributed by atoms with Crippen LogP contribution in [0.25, 0.3) is 11.1 Å². The van der Waals surface area contributed by atoms with Gasteiger partial charge in [-0.1, -0.05) is 20.3 Å². The van der Waals surface area contributed by atoms with Gasteiger partial charge < -0.3 is 9.47 Å². The summed E-state index contributed by atoms with van der Waals surface area (Å²) in [5, 5.41) is 0. The van der Waals surface area contributed by atoms with Crippen LogP contribution in [0, 0.1) is 33.6 Å². The van der Waals surface area contributed by atoms with Gasteiger partial charge in [0, 0.05) is 0 Å². The van der Waals surface area contributed by atoms with E-state index in [9.17, 15) is 0 Å². The van der Waals surface area contributed by atoms with Crippen molar-refractivity contribution in [2.24, 2.45) is 5.92 Å². The molecule has 130 valence electrons. The van der Waals surface area contributed by atoms with E-state index in [0.29, 0.717) is 5.92 Å². The van der Waals surface area contributed by atoms with Gasteiger partial charge in [-0.25, -0.2) is 0 Å². The first-order chi connectivity index (χ1) is 11.4. The van der Waals surface area contributed by atoms with E-state index in [4.69, 9.17) is 9.47 Å². The molecule has 2 heteroatoms. The quantitative estimate of drug-likeness (QED) is 0.646. The summed E-state index contributed by atoms with van der Waals surface area (Å²) in [4.78, 5) is 0. The second-order valence-electron chi connectivity index (χ2n) is 6.91. The van der Waals surface area contributed by atoms with Crippen LogP contribution >= 0.6 is 0 Å². The molecule has 0 radical (unpaired) electrons. The molecular weight excluding hydrogens is 296 g/mol. The van der Waals surface area contributed by atoms with Gasteiger partial charge in [0.25, 0.3) is 0 Å². The lowest BCUT2D eigenvalue weighted by molar-refractivity contribution is 0.253. The Morgan fingerprint density at radius 3 is 1.58 bits per heavy atom. The largest absolute Gasteiger partial charge is 0.496 e. The van der Waals surface area contributed by atoms with Gasteiger partial charge in [-0.2, -0.15) is 0 Å². The molecule has 0 spiro atoms. The van der Waals surface area contributed by atoms with Gasteiger partial charge in [0.15, 0.2) is 0 Å². The number of hydrogen-bond acceptors (Lipinski definition) is 2. The second kappa shape index (κ2) is 7.74. The monoisotopic (exact) mass is 326 g/mol. The molecule has 0 saturated heterocycles. The topological polar surface area (TPSA) is 18.5 Å². The molecular formula is C22H30O2. The number of rotatable bonds is 6. The molecule has 24 heavy (non-hydrogen) atoms. The van der Waals surface area contributed by atoms with Gasteiger partial charge in [0.1, 0.15) is 11.5 Å². The highest BCUT2D eigenvalue weighted by molar-refractivity contribution is 5.70. The molecule has 0 fully saturated rings. The van der Waals surface area contributed by atoms with Crippen molar-refractivity contribution in [3.63, 3.8) is 0 Å². The van der Waals surface area contributed by atoms with Crippen LogP contribution in [-0.4, -0.2) is 13.7 Å². The molecule has 1 atom stereocenters. The Labute approximate surface area is 146 Å². The first-order valence-electron chi connectivity index (χ1n) is 8.77. The first-order valence-corrected chi connectivity index (χ1v) is 8.77. The molecule has 0 aliphatic heterocycles. The zero-order valence-electron chi connectivity index (χ0n) is 16.1. The maximum atomic E-state index is 6.08. The molecule has 0 bridgehead atoms. The molecule has 0 saturated carbocycles. The SMILES string of the molecule is CCC(C)COc1c(C)cc(-c2cc(C)c(OC)c(C)c2)cc1C. The summed E-state index contributed by atoms with van der Waals surface area (Å²) in [7, 11) is 1.73. The van der Waals surface area contributed by atoms with Crippen molar-refractivity contribution in [2.45, 2.75) is 48.0 Å². The van der Waals surface area contributed by atoms with E-state index in [1.54, 1.807) is 7.11 Å². The Morgan fingerprint density at radius 2 is 1.21 bits per heavy atom. The second-order valence-corrected chi connectivity index (χ2v) is 6.91. The van der Waals surface area contributed by atoms with Gasteiger partial charge in [0.2, 0.25) is 0 Å². The Kier molecular flexibility index (Phi) is 5.93. The van der Waals surface area contributed by atoms with Crippen LogP contribution in [0.5, 0.6) is 11.5 Å². The van der Waals surface area contributed by atoms with Crippen molar-refractivity contribution in [3.8, 4) is 22.6 Å². The summed E-state index contributed by atoms with van der Waals surface area (Å²) in [5.74, 6) is 2.58. The van der Waals surface area contributed by atoms with Gasteiger partial charge >= 0.3 is 0 Å². The van der Waals surface area contributed by atoms with E-state index in [-0.39, 0.29) is 0 Å². The minimum absolute atomic E-state index is 0.579. The lowest BCUT2D eigenvalue weighted by Gasteiger charge is -2.17. The van der Waals surface area contributed by atoms with Gasteiger partial charge in [0.05, 0.1) is 13.7 Å². The maximum Gasteiger partial charge on any atom is 0.125 e. The number of ether oxygens (including phenoxy) is 2. The summed E-state index contributed by atoms with van der Waals surface area (Å²) in [6, 6.07) is 8.83. The molecule has 2 nitrogen and oxygen atoms in total. The third kappa shape index (κ3) is 3.92. The van der Waals surface area contributed by atoms with Crippen molar-refractivity contribution in [3.05, 3.63) is 46.5 Å². The van der Waals surface area contributed by atoms with Crippen LogP contribution in [0.15, 0.2) is 24.3 Å². The summed E-state index contributed by atoms with van der Waals surface area (Å²) in [6.07, 6.45) is 1.14. The smallest absolute Gasteiger partial charge is 0.125 e. The first kappa shape index (κ1) is 18.4. The molecule has 0 amide bonds. The Bertz CT molecular complexity index is 670. The van der Waals surface area contributed by atoms with Crippen molar-refractivity contribution < 1.29 is 9.47 Å². The Morgan fingerprint density at radius 1 is 0.792 bits per heavy atom. The average Bonchev–Trinajstić information content (AvgIpc) is 2.53. The van der Waals surface area contributed by atoms with Gasteiger partial charge in [-0.3, -0.25) is 0 Å². The summed E-state index contributed by atoms with van der Waals surface area (Å²) in [6.45, 7) is 13.7. The highest BCUT2D eigenvalue weighted by Crippen LogP contribution is 2.34. The zero-order chi connectivity index (χ0) is 17.9. The average molecular weight is 326 g/mol. The third-order valence-corrected chi connectivity index (χ3v) is 4.67. The fourth-order valence-electron chi connectivity index (χ4n) is 3.13. The van der Waals surface area contributed by atoms with Gasteiger partial charge in [-0.15, -0.1) is 0 Å². The molecule has 0 N–H and O–H groups in total. The van der Waals surface area contributed by atoms with Crippen LogP contribution in [0.4, 0.5) is 0 Å². The van der Waals surface area contributed by atoms with E-state index in [1.165, 1.54) is 33.4 Å². The molecule has 2 aromatic rings. The predicted octanol–water partition coefficient (Wildman–Crippen LogP) is 6.02. The number of benzene rings is 2. The molecule has 0 aliphatic rings. The summed E-state index contributed by atoms with van der Waals surface area (Å²) < 4.78 is 11.6. The molecule has 2 aromatic carbocycles. The van der Waals surface area contributed by atoms with Crippen molar-refractivity contribution in [2.75, 3.05) is 13.7 Å². The minimum Gasteiger partial charge on any atom is -0.496 e. The molecule has 0 heterocycles. The standard InChI is InChI=1S/C22H30O2/c1-8-14(2)13-24-22-17(5)11-20(12-18(22)6)19-9-15(3)21(23-7)16(4)10-19/h9-12,14H,8,13H2,1-7H3. The maximum absolute atomic E-state index is 6.08. The number of hydrogen-bond donors (Lipinski definition) is 0. The number of aryl methyl sites for hydroxylation is 4. The van der Waals surface area contributed by atoms with Crippen LogP contribution < -0.4 is 9.47 Å². The molecule has 2 rings (SSSR count). The lowest BCUT2D eigenvalue weighted by Crippen LogP contribution is -2.09. The van der Waals surface area contributed by atoms with E-state index < -0.39 is 0 Å². The van der Waals surface area contributed by atoms with Crippen LogP contribution in [-0.2, 0) is 0 Å². The minimum atomic E-state index is 0.579. The van der Waals surface area contributed by atoms with E-state index in [1.807, 2.05) is 0 Å². The number of methoxy groups -OCH3 is 1. The summed E-state index contributed by atoms with van der Waals surface area (Å²) >= 11 is 0. The fourth-order valence-corrected chi connectivity index (χ4v) is 3.13. The van der Waals surface area contributed by atoms with Crippen LogP contribution in [0.1, 0.15) is 42.5 Å². The molecule has 0 aliphatic carbocycles. The summed E-state index contributed by atoms with van der Waals surface area (Å²) in [5.41, 5.74) is 7.18. The zero-order valence-corrected chi connectivity index (χ0v) is 16.1. The highest BCUT2D eigenvalue weighted by Gasteiger charge is 2.12. The normalized spacial score (nSPS) is 12.1. The lowest BCUT2D eigenvalue weighted by atomic mass is 9.96. The van der Waals surface area contributed by atoms with Gasteiger partial charge in [-0.05, 0) is 91.3 Å².